The SMILES string of the molecule is OCCN(CCC(O)c1ccccc1)CC(F)(F)F. The first-order chi connectivity index (χ1) is 8.92. The van der Waals surface area contributed by atoms with Crippen molar-refractivity contribution in [1.82, 2.24) is 4.90 Å². The lowest BCUT2D eigenvalue weighted by Crippen LogP contribution is -2.37. The molecular formula is C13H18F3NO2. The van der Waals surface area contributed by atoms with Gasteiger partial charge in [0.2, 0.25) is 0 Å². The molecule has 0 spiro atoms. The normalized spacial score (nSPS) is 13.8. The van der Waals surface area contributed by atoms with Gasteiger partial charge in [-0.15, -0.1) is 0 Å². The van der Waals surface area contributed by atoms with Gasteiger partial charge in [-0.3, -0.25) is 4.90 Å². The highest BCUT2D eigenvalue weighted by molar-refractivity contribution is 5.17. The zero-order valence-electron chi connectivity index (χ0n) is 10.5. The summed E-state index contributed by atoms with van der Waals surface area (Å²) >= 11 is 0. The van der Waals surface area contributed by atoms with Gasteiger partial charge in [-0.2, -0.15) is 13.2 Å². The van der Waals surface area contributed by atoms with Crippen molar-refractivity contribution in [1.29, 1.82) is 0 Å². The first kappa shape index (κ1) is 15.9. The van der Waals surface area contributed by atoms with E-state index >= 15 is 0 Å². The second kappa shape index (κ2) is 7.47. The smallest absolute Gasteiger partial charge is 0.395 e. The highest BCUT2D eigenvalue weighted by Gasteiger charge is 2.30. The topological polar surface area (TPSA) is 43.7 Å². The van der Waals surface area contributed by atoms with Gasteiger partial charge in [0.25, 0.3) is 0 Å². The zero-order valence-corrected chi connectivity index (χ0v) is 10.5. The van der Waals surface area contributed by atoms with Gasteiger partial charge >= 0.3 is 6.18 Å². The summed E-state index contributed by atoms with van der Waals surface area (Å²) in [5.74, 6) is 0. The Morgan fingerprint density at radius 1 is 1.11 bits per heavy atom. The highest BCUT2D eigenvalue weighted by Crippen LogP contribution is 2.19. The Bertz CT molecular complexity index is 357. The molecule has 0 aliphatic rings. The second-order valence-electron chi connectivity index (χ2n) is 4.33. The van der Waals surface area contributed by atoms with Gasteiger partial charge in [0, 0.05) is 13.1 Å². The summed E-state index contributed by atoms with van der Waals surface area (Å²) in [4.78, 5) is 1.09. The molecule has 0 bridgehead atoms. The first-order valence-corrected chi connectivity index (χ1v) is 6.05. The second-order valence-corrected chi connectivity index (χ2v) is 4.33. The number of hydrogen-bond donors (Lipinski definition) is 2. The molecule has 6 heteroatoms. The third-order valence-corrected chi connectivity index (χ3v) is 2.72. The molecule has 108 valence electrons. The number of rotatable bonds is 7. The molecule has 1 aromatic rings. The van der Waals surface area contributed by atoms with Crippen LogP contribution in [0.25, 0.3) is 0 Å². The maximum Gasteiger partial charge on any atom is 0.401 e. The maximum atomic E-state index is 12.3. The van der Waals surface area contributed by atoms with Crippen LogP contribution in [-0.4, -0.2) is 47.5 Å². The third-order valence-electron chi connectivity index (χ3n) is 2.72. The lowest BCUT2D eigenvalue weighted by atomic mass is 10.1. The molecule has 0 radical (unpaired) electrons. The van der Waals surface area contributed by atoms with Crippen molar-refractivity contribution >= 4 is 0 Å². The van der Waals surface area contributed by atoms with Crippen LogP contribution in [0.15, 0.2) is 30.3 Å². The third kappa shape index (κ3) is 6.56. The average molecular weight is 277 g/mol. The fourth-order valence-corrected chi connectivity index (χ4v) is 1.81. The van der Waals surface area contributed by atoms with Crippen LogP contribution >= 0.6 is 0 Å². The molecule has 0 saturated carbocycles. The van der Waals surface area contributed by atoms with Gasteiger partial charge in [0.05, 0.1) is 19.3 Å². The Kier molecular flexibility index (Phi) is 6.27. The van der Waals surface area contributed by atoms with Crippen LogP contribution in [0, 0.1) is 0 Å². The van der Waals surface area contributed by atoms with Gasteiger partial charge in [-0.25, -0.2) is 0 Å². The van der Waals surface area contributed by atoms with Crippen molar-refractivity contribution in [3.05, 3.63) is 35.9 Å². The van der Waals surface area contributed by atoms with Crippen molar-refractivity contribution in [2.24, 2.45) is 0 Å². The van der Waals surface area contributed by atoms with Crippen LogP contribution in [0.2, 0.25) is 0 Å². The molecule has 0 fully saturated rings. The summed E-state index contributed by atoms with van der Waals surface area (Å²) in [6, 6.07) is 8.78. The number of benzene rings is 1. The minimum atomic E-state index is -4.30. The van der Waals surface area contributed by atoms with E-state index in [1.807, 2.05) is 0 Å². The molecule has 1 atom stereocenters. The number of aliphatic hydroxyl groups excluding tert-OH is 2. The van der Waals surface area contributed by atoms with Gasteiger partial charge in [0.15, 0.2) is 0 Å². The van der Waals surface area contributed by atoms with Crippen molar-refractivity contribution in [3.63, 3.8) is 0 Å². The summed E-state index contributed by atoms with van der Waals surface area (Å²) < 4.78 is 36.9. The summed E-state index contributed by atoms with van der Waals surface area (Å²) in [7, 11) is 0. The zero-order chi connectivity index (χ0) is 14.3. The molecule has 3 nitrogen and oxygen atoms in total. The largest absolute Gasteiger partial charge is 0.401 e. The van der Waals surface area contributed by atoms with Gasteiger partial charge in [0.1, 0.15) is 0 Å². The quantitative estimate of drug-likeness (QED) is 0.801. The predicted molar refractivity (Wildman–Crippen MR) is 65.6 cm³/mol. The molecule has 2 N–H and O–H groups in total. The Morgan fingerprint density at radius 3 is 2.26 bits per heavy atom. The molecule has 1 unspecified atom stereocenters. The molecule has 0 aliphatic heterocycles. The first-order valence-electron chi connectivity index (χ1n) is 6.05. The summed E-state index contributed by atoms with van der Waals surface area (Å²) in [6.45, 7) is -1.39. The Balaban J connectivity index is 2.47. The highest BCUT2D eigenvalue weighted by atomic mass is 19.4. The lowest BCUT2D eigenvalue weighted by molar-refractivity contribution is -0.147. The predicted octanol–water partition coefficient (Wildman–Crippen LogP) is 1.97. The van der Waals surface area contributed by atoms with Crippen LogP contribution in [0.3, 0.4) is 0 Å². The molecule has 0 amide bonds. The monoisotopic (exact) mass is 277 g/mol. The Labute approximate surface area is 110 Å². The van der Waals surface area contributed by atoms with E-state index in [0.717, 1.165) is 4.90 Å². The molecule has 0 aliphatic carbocycles. The lowest BCUT2D eigenvalue weighted by Gasteiger charge is -2.24. The molecular weight excluding hydrogens is 259 g/mol. The Hall–Kier alpha value is -1.11. The molecule has 0 aromatic heterocycles. The van der Waals surface area contributed by atoms with E-state index in [1.165, 1.54) is 0 Å². The van der Waals surface area contributed by atoms with Crippen molar-refractivity contribution in [2.75, 3.05) is 26.2 Å². The fraction of sp³-hybridized carbons (Fsp3) is 0.538. The van der Waals surface area contributed by atoms with Gasteiger partial charge in [-0.05, 0) is 12.0 Å². The molecule has 1 aromatic carbocycles. The molecule has 19 heavy (non-hydrogen) atoms. The Morgan fingerprint density at radius 2 is 1.74 bits per heavy atom. The molecule has 0 saturated heterocycles. The molecule has 1 rings (SSSR count). The van der Waals surface area contributed by atoms with E-state index in [-0.39, 0.29) is 26.1 Å². The van der Waals surface area contributed by atoms with Crippen LogP contribution < -0.4 is 0 Å². The number of hydrogen-bond acceptors (Lipinski definition) is 3. The summed E-state index contributed by atoms with van der Waals surface area (Å²) in [6.07, 6.45) is -4.90. The van der Waals surface area contributed by atoms with E-state index < -0.39 is 18.8 Å². The number of aliphatic hydroxyl groups is 2. The minimum absolute atomic E-state index is 0.0545. The number of alkyl halides is 3. The van der Waals surface area contributed by atoms with Crippen LogP contribution in [-0.2, 0) is 0 Å². The standard InChI is InChI=1S/C13H18F3NO2/c14-13(15,16)10-17(8-9-18)7-6-12(19)11-4-2-1-3-5-11/h1-5,12,18-19H,6-10H2. The van der Waals surface area contributed by atoms with Crippen molar-refractivity contribution < 1.29 is 23.4 Å². The fourth-order valence-electron chi connectivity index (χ4n) is 1.81. The van der Waals surface area contributed by atoms with Gasteiger partial charge in [-0.1, -0.05) is 30.3 Å². The number of halogens is 3. The average Bonchev–Trinajstić information content (AvgIpc) is 2.35. The summed E-state index contributed by atoms with van der Waals surface area (Å²) in [5.41, 5.74) is 0.679. The summed E-state index contributed by atoms with van der Waals surface area (Å²) in [5, 5.41) is 18.6. The molecule has 0 heterocycles. The van der Waals surface area contributed by atoms with E-state index in [9.17, 15) is 18.3 Å². The van der Waals surface area contributed by atoms with Crippen molar-refractivity contribution in [3.8, 4) is 0 Å². The van der Waals surface area contributed by atoms with E-state index in [4.69, 9.17) is 5.11 Å². The number of nitrogens with zero attached hydrogens (tertiary/aromatic N) is 1. The van der Waals surface area contributed by atoms with Crippen LogP contribution in [0.4, 0.5) is 13.2 Å². The van der Waals surface area contributed by atoms with Crippen LogP contribution in [0.5, 0.6) is 0 Å². The van der Waals surface area contributed by atoms with E-state index in [2.05, 4.69) is 0 Å². The van der Waals surface area contributed by atoms with Crippen LogP contribution in [0.1, 0.15) is 18.1 Å². The maximum absolute atomic E-state index is 12.3. The van der Waals surface area contributed by atoms with Crippen molar-refractivity contribution in [2.45, 2.75) is 18.7 Å². The van der Waals surface area contributed by atoms with E-state index in [0.29, 0.717) is 5.56 Å². The van der Waals surface area contributed by atoms with Gasteiger partial charge < -0.3 is 10.2 Å². The van der Waals surface area contributed by atoms with E-state index in [1.54, 1.807) is 30.3 Å². The minimum Gasteiger partial charge on any atom is -0.395 e.